The highest BCUT2D eigenvalue weighted by atomic mass is 79.9. The smallest absolute Gasteiger partial charge is 0.272 e. The molecule has 6 nitrogen and oxygen atoms in total. The van der Waals surface area contributed by atoms with Crippen molar-refractivity contribution >= 4 is 44.8 Å². The van der Waals surface area contributed by atoms with E-state index in [4.69, 9.17) is 11.6 Å². The number of hydrogen-bond donors (Lipinski definition) is 2. The molecule has 0 atom stereocenters. The molecule has 0 saturated heterocycles. The summed E-state index contributed by atoms with van der Waals surface area (Å²) in [5.41, 5.74) is 0.523. The first-order chi connectivity index (χ1) is 8.97. The van der Waals surface area contributed by atoms with E-state index < -0.39 is 4.92 Å². The van der Waals surface area contributed by atoms with Crippen molar-refractivity contribution in [2.24, 2.45) is 0 Å². The number of carbonyl (C=O) groups excluding carboxylic acids is 1. The summed E-state index contributed by atoms with van der Waals surface area (Å²) >= 11 is 9.09. The Hall–Kier alpha value is -1.86. The number of non-ortho nitro benzene ring substituents is 1. The number of benzene rings is 1. The molecule has 0 radical (unpaired) electrons. The van der Waals surface area contributed by atoms with Gasteiger partial charge in [0.1, 0.15) is 5.69 Å². The monoisotopic (exact) mass is 343 g/mol. The Kier molecular flexibility index (Phi) is 3.87. The van der Waals surface area contributed by atoms with Gasteiger partial charge in [-0.3, -0.25) is 14.9 Å². The predicted molar refractivity (Wildman–Crippen MR) is 74.6 cm³/mol. The fraction of sp³-hybridized carbons (Fsp3) is 0. The van der Waals surface area contributed by atoms with Crippen molar-refractivity contribution in [3.05, 3.63) is 55.8 Å². The van der Waals surface area contributed by atoms with Crippen LogP contribution in [0.2, 0.25) is 5.02 Å². The highest BCUT2D eigenvalue weighted by Crippen LogP contribution is 2.27. The molecule has 98 valence electrons. The topological polar surface area (TPSA) is 88.0 Å². The molecule has 0 unspecified atom stereocenters. The molecule has 0 saturated carbocycles. The van der Waals surface area contributed by atoms with Crippen LogP contribution >= 0.6 is 27.5 Å². The van der Waals surface area contributed by atoms with Gasteiger partial charge in [-0.05, 0) is 28.1 Å². The number of nitrogens with one attached hydrogen (secondary N) is 2. The van der Waals surface area contributed by atoms with Crippen molar-refractivity contribution in [2.45, 2.75) is 0 Å². The summed E-state index contributed by atoms with van der Waals surface area (Å²) in [6, 6.07) is 5.44. The summed E-state index contributed by atoms with van der Waals surface area (Å²) in [7, 11) is 0. The van der Waals surface area contributed by atoms with Crippen LogP contribution in [0.1, 0.15) is 10.5 Å². The lowest BCUT2D eigenvalue weighted by Gasteiger charge is -2.05. The Labute approximate surface area is 121 Å². The van der Waals surface area contributed by atoms with Gasteiger partial charge in [0, 0.05) is 22.8 Å². The summed E-state index contributed by atoms with van der Waals surface area (Å²) in [5.74, 6) is -0.388. The van der Waals surface area contributed by atoms with Gasteiger partial charge in [-0.2, -0.15) is 0 Å². The van der Waals surface area contributed by atoms with Gasteiger partial charge in [-0.15, -0.1) is 0 Å². The normalized spacial score (nSPS) is 10.2. The Morgan fingerprint density at radius 1 is 1.42 bits per heavy atom. The molecule has 0 fully saturated rings. The van der Waals surface area contributed by atoms with E-state index >= 15 is 0 Å². The van der Waals surface area contributed by atoms with Crippen molar-refractivity contribution in [1.82, 2.24) is 4.98 Å². The molecule has 0 aliphatic rings. The molecule has 8 heteroatoms. The van der Waals surface area contributed by atoms with Gasteiger partial charge in [0.25, 0.3) is 11.6 Å². The molecular weight excluding hydrogens is 337 g/mol. The number of nitro benzene ring substituents is 1. The van der Waals surface area contributed by atoms with Crippen LogP contribution in [-0.2, 0) is 0 Å². The van der Waals surface area contributed by atoms with Gasteiger partial charge in [-0.25, -0.2) is 0 Å². The fourth-order valence-corrected chi connectivity index (χ4v) is 1.97. The van der Waals surface area contributed by atoms with E-state index in [1.54, 1.807) is 12.3 Å². The third-order valence-corrected chi connectivity index (χ3v) is 3.07. The molecule has 0 spiro atoms. The van der Waals surface area contributed by atoms with Crippen LogP contribution in [0.3, 0.4) is 0 Å². The van der Waals surface area contributed by atoms with Crippen LogP contribution in [0.4, 0.5) is 11.4 Å². The summed E-state index contributed by atoms with van der Waals surface area (Å²) in [6.45, 7) is 0. The first-order valence-electron chi connectivity index (χ1n) is 5.06. The molecule has 1 amide bonds. The minimum absolute atomic E-state index is 0.105. The number of halogens is 2. The zero-order chi connectivity index (χ0) is 14.0. The number of nitro groups is 1. The van der Waals surface area contributed by atoms with Crippen LogP contribution < -0.4 is 5.32 Å². The standard InChI is InChI=1S/C11H7BrClN3O3/c12-6-3-10(14-5-6)11(17)15-9-2-1-7(16(18)19)4-8(9)13/h1-5,14H,(H,15,17). The highest BCUT2D eigenvalue weighted by Gasteiger charge is 2.13. The largest absolute Gasteiger partial charge is 0.356 e. The molecule has 2 rings (SSSR count). The molecule has 1 aromatic heterocycles. The summed E-state index contributed by atoms with van der Waals surface area (Å²) in [6.07, 6.45) is 1.62. The Balaban J connectivity index is 2.20. The van der Waals surface area contributed by atoms with Crippen molar-refractivity contribution in [3.63, 3.8) is 0 Å². The van der Waals surface area contributed by atoms with Gasteiger partial charge in [0.2, 0.25) is 0 Å². The van der Waals surface area contributed by atoms with E-state index in [0.717, 1.165) is 4.47 Å². The van der Waals surface area contributed by atoms with Crippen molar-refractivity contribution in [3.8, 4) is 0 Å². The number of carbonyl (C=O) groups is 1. The van der Waals surface area contributed by atoms with E-state index in [9.17, 15) is 14.9 Å². The molecule has 0 bridgehead atoms. The van der Waals surface area contributed by atoms with Gasteiger partial charge in [0.15, 0.2) is 0 Å². The maximum absolute atomic E-state index is 11.8. The van der Waals surface area contributed by atoms with Crippen LogP contribution in [0.25, 0.3) is 0 Å². The molecule has 2 N–H and O–H groups in total. The number of rotatable bonds is 3. The van der Waals surface area contributed by atoms with Crippen molar-refractivity contribution in [2.75, 3.05) is 5.32 Å². The van der Waals surface area contributed by atoms with Crippen LogP contribution in [0.5, 0.6) is 0 Å². The third kappa shape index (κ3) is 3.12. The average molecular weight is 345 g/mol. The van der Waals surface area contributed by atoms with Gasteiger partial charge in [0.05, 0.1) is 15.6 Å². The number of aromatic amines is 1. The number of H-pyrrole nitrogens is 1. The quantitative estimate of drug-likeness (QED) is 0.659. The van der Waals surface area contributed by atoms with E-state index in [1.807, 2.05) is 0 Å². The number of anilines is 1. The Morgan fingerprint density at radius 2 is 2.16 bits per heavy atom. The highest BCUT2D eigenvalue weighted by molar-refractivity contribution is 9.10. The molecular formula is C11H7BrClN3O3. The first kappa shape index (κ1) is 13.6. The summed E-state index contributed by atoms with van der Waals surface area (Å²) in [5, 5.41) is 13.2. The average Bonchev–Trinajstić information content (AvgIpc) is 2.78. The lowest BCUT2D eigenvalue weighted by atomic mass is 10.2. The van der Waals surface area contributed by atoms with E-state index in [0.29, 0.717) is 11.4 Å². The summed E-state index contributed by atoms with van der Waals surface area (Å²) in [4.78, 5) is 24.6. The second-order valence-electron chi connectivity index (χ2n) is 3.61. The molecule has 0 aliphatic carbocycles. The van der Waals surface area contributed by atoms with Crippen LogP contribution in [0, 0.1) is 10.1 Å². The maximum Gasteiger partial charge on any atom is 0.272 e. The molecule has 1 heterocycles. The SMILES string of the molecule is O=C(Nc1ccc([N+](=O)[O-])cc1Cl)c1cc(Br)c[nH]1. The van der Waals surface area contributed by atoms with Gasteiger partial charge < -0.3 is 10.3 Å². The second kappa shape index (κ2) is 5.41. The van der Waals surface area contributed by atoms with E-state index in [-0.39, 0.29) is 16.6 Å². The number of nitrogens with zero attached hydrogens (tertiary/aromatic N) is 1. The van der Waals surface area contributed by atoms with Crippen LogP contribution in [0.15, 0.2) is 34.9 Å². The molecule has 19 heavy (non-hydrogen) atoms. The van der Waals surface area contributed by atoms with Crippen LogP contribution in [-0.4, -0.2) is 15.8 Å². The zero-order valence-electron chi connectivity index (χ0n) is 9.31. The summed E-state index contributed by atoms with van der Waals surface area (Å²) < 4.78 is 0.743. The Bertz CT molecular complexity index is 656. The van der Waals surface area contributed by atoms with Gasteiger partial charge in [-0.1, -0.05) is 11.6 Å². The minimum Gasteiger partial charge on any atom is -0.356 e. The van der Waals surface area contributed by atoms with Crippen molar-refractivity contribution < 1.29 is 9.72 Å². The van der Waals surface area contributed by atoms with E-state index in [2.05, 4.69) is 26.2 Å². The molecule has 2 aromatic rings. The van der Waals surface area contributed by atoms with Crippen molar-refractivity contribution in [1.29, 1.82) is 0 Å². The second-order valence-corrected chi connectivity index (χ2v) is 4.93. The molecule has 1 aromatic carbocycles. The molecule has 0 aliphatic heterocycles. The zero-order valence-corrected chi connectivity index (χ0v) is 11.7. The number of amides is 1. The fourth-order valence-electron chi connectivity index (χ4n) is 1.41. The third-order valence-electron chi connectivity index (χ3n) is 2.30. The number of aromatic nitrogens is 1. The van der Waals surface area contributed by atoms with Gasteiger partial charge >= 0.3 is 0 Å². The lowest BCUT2D eigenvalue weighted by molar-refractivity contribution is -0.384. The minimum atomic E-state index is -0.556. The van der Waals surface area contributed by atoms with E-state index in [1.165, 1.54) is 18.2 Å². The maximum atomic E-state index is 11.8. The Morgan fingerprint density at radius 3 is 2.68 bits per heavy atom. The predicted octanol–water partition coefficient (Wildman–Crippen LogP) is 3.59. The first-order valence-corrected chi connectivity index (χ1v) is 6.23. The number of hydrogen-bond acceptors (Lipinski definition) is 3. The lowest BCUT2D eigenvalue weighted by Crippen LogP contribution is -2.12.